The van der Waals surface area contributed by atoms with E-state index in [4.69, 9.17) is 28.3 Å². The number of carbonyl (C=O) groups is 1. The number of carboxylic acids is 1. The van der Waals surface area contributed by atoms with Crippen molar-refractivity contribution in [3.8, 4) is 0 Å². The summed E-state index contributed by atoms with van der Waals surface area (Å²) in [6, 6.07) is 5.33. The van der Waals surface area contributed by atoms with Gasteiger partial charge in [-0.3, -0.25) is 0 Å². The molecule has 0 spiro atoms. The van der Waals surface area contributed by atoms with Crippen LogP contribution in [0, 0.1) is 0 Å². The van der Waals surface area contributed by atoms with Crippen LogP contribution < -0.4 is 0 Å². The van der Waals surface area contributed by atoms with Crippen LogP contribution in [-0.4, -0.2) is 16.3 Å². The Balaban J connectivity index is 2.64. The Kier molecular flexibility index (Phi) is 3.19. The van der Waals surface area contributed by atoms with Gasteiger partial charge in [0.1, 0.15) is 0 Å². The molecule has 0 saturated carbocycles. The van der Waals surface area contributed by atoms with E-state index in [2.05, 4.69) is 0 Å². The van der Waals surface area contributed by atoms with E-state index in [0.29, 0.717) is 10.6 Å². The van der Waals surface area contributed by atoms with E-state index in [1.165, 1.54) is 11.8 Å². The number of fused-ring (bicyclic) bond motifs is 1. The Bertz CT molecular complexity index is 497. The first-order chi connectivity index (χ1) is 7.50. The zero-order valence-corrected chi connectivity index (χ0v) is 10.7. The summed E-state index contributed by atoms with van der Waals surface area (Å²) in [5, 5.41) is 9.77. The highest BCUT2D eigenvalue weighted by molar-refractivity contribution is 8.00. The number of halogens is 2. The average Bonchev–Trinajstić information content (AvgIpc) is 2.19. The molecule has 1 aromatic rings. The lowest BCUT2D eigenvalue weighted by Crippen LogP contribution is -2.16. The highest BCUT2D eigenvalue weighted by Crippen LogP contribution is 2.44. The molecule has 1 unspecified atom stereocenters. The van der Waals surface area contributed by atoms with E-state index < -0.39 is 5.97 Å². The van der Waals surface area contributed by atoms with Crippen molar-refractivity contribution in [3.05, 3.63) is 34.4 Å². The number of rotatable bonds is 1. The first-order valence-electron chi connectivity index (χ1n) is 4.60. The molecular formula is C11H8Cl2O2S. The van der Waals surface area contributed by atoms with Crippen molar-refractivity contribution in [1.82, 2.24) is 0 Å². The van der Waals surface area contributed by atoms with Gasteiger partial charge in [-0.1, -0.05) is 23.2 Å². The molecule has 1 heterocycles. The zero-order chi connectivity index (χ0) is 11.9. The largest absolute Gasteiger partial charge is 0.478 e. The summed E-state index contributed by atoms with van der Waals surface area (Å²) in [5.41, 5.74) is 0.941. The van der Waals surface area contributed by atoms with Crippen molar-refractivity contribution in [2.24, 2.45) is 0 Å². The number of aliphatic carboxylic acids is 1. The fourth-order valence-corrected chi connectivity index (χ4v) is 3.46. The van der Waals surface area contributed by atoms with Crippen LogP contribution in [0.25, 0.3) is 5.03 Å². The van der Waals surface area contributed by atoms with Gasteiger partial charge in [-0.2, -0.15) is 0 Å². The van der Waals surface area contributed by atoms with Gasteiger partial charge in [0.2, 0.25) is 0 Å². The summed E-state index contributed by atoms with van der Waals surface area (Å²) in [4.78, 5) is 12.0. The molecule has 1 atom stereocenters. The first kappa shape index (κ1) is 11.8. The highest BCUT2D eigenvalue weighted by Gasteiger charge is 2.28. The molecule has 0 radical (unpaired) electrons. The fraction of sp³-hybridized carbons (Fsp3) is 0.182. The van der Waals surface area contributed by atoms with Crippen molar-refractivity contribution in [2.75, 3.05) is 0 Å². The third kappa shape index (κ3) is 1.95. The van der Waals surface area contributed by atoms with Crippen molar-refractivity contribution in [2.45, 2.75) is 17.1 Å². The maximum atomic E-state index is 11.1. The second-order valence-corrected chi connectivity index (χ2v) is 5.63. The molecule has 0 aliphatic carbocycles. The number of carboxylic acid groups (broad SMARTS) is 1. The molecular weight excluding hydrogens is 267 g/mol. The Morgan fingerprint density at radius 1 is 1.44 bits per heavy atom. The minimum Gasteiger partial charge on any atom is -0.478 e. The van der Waals surface area contributed by atoms with Crippen LogP contribution in [0.4, 0.5) is 0 Å². The second kappa shape index (κ2) is 4.32. The minimum absolute atomic E-state index is 0.154. The summed E-state index contributed by atoms with van der Waals surface area (Å²) in [6.07, 6.45) is 0. The van der Waals surface area contributed by atoms with Crippen LogP contribution in [0.3, 0.4) is 0 Å². The lowest BCUT2D eigenvalue weighted by atomic mass is 10.1. The summed E-state index contributed by atoms with van der Waals surface area (Å²) in [6.45, 7) is 1.83. The molecule has 0 fully saturated rings. The van der Waals surface area contributed by atoms with Gasteiger partial charge < -0.3 is 5.11 Å². The van der Waals surface area contributed by atoms with Crippen LogP contribution in [-0.2, 0) is 4.79 Å². The Hall–Kier alpha value is -0.640. The predicted octanol–water partition coefficient (Wildman–Crippen LogP) is 3.87. The Labute approximate surface area is 107 Å². The third-order valence-electron chi connectivity index (χ3n) is 2.36. The molecule has 0 amide bonds. The molecule has 2 nitrogen and oxygen atoms in total. The van der Waals surface area contributed by atoms with Crippen molar-refractivity contribution in [1.29, 1.82) is 0 Å². The van der Waals surface area contributed by atoms with Crippen LogP contribution >= 0.6 is 35.0 Å². The SMILES string of the molecule is CC1Sc2ccc(Cl)cc2C(Cl)=C1C(=O)O. The van der Waals surface area contributed by atoms with E-state index in [9.17, 15) is 4.79 Å². The van der Waals surface area contributed by atoms with Gasteiger partial charge in [0.15, 0.2) is 0 Å². The van der Waals surface area contributed by atoms with E-state index in [1.54, 1.807) is 12.1 Å². The van der Waals surface area contributed by atoms with E-state index in [-0.39, 0.29) is 15.9 Å². The van der Waals surface area contributed by atoms with E-state index in [1.807, 2.05) is 13.0 Å². The molecule has 84 valence electrons. The van der Waals surface area contributed by atoms with Crippen LogP contribution in [0.5, 0.6) is 0 Å². The first-order valence-corrected chi connectivity index (χ1v) is 6.24. The molecule has 5 heteroatoms. The van der Waals surface area contributed by atoms with Crippen LogP contribution in [0.15, 0.2) is 28.7 Å². The molecule has 2 rings (SSSR count). The van der Waals surface area contributed by atoms with E-state index in [0.717, 1.165) is 4.90 Å². The van der Waals surface area contributed by atoms with Gasteiger partial charge in [-0.05, 0) is 25.1 Å². The highest BCUT2D eigenvalue weighted by atomic mass is 35.5. The molecule has 0 bridgehead atoms. The standard InChI is InChI=1S/C11H8Cl2O2S/c1-5-9(11(14)15)10(13)7-4-6(12)2-3-8(7)16-5/h2-5H,1H3,(H,14,15). The minimum atomic E-state index is -0.976. The van der Waals surface area contributed by atoms with Gasteiger partial charge >= 0.3 is 5.97 Å². The maximum absolute atomic E-state index is 11.1. The molecule has 16 heavy (non-hydrogen) atoms. The smallest absolute Gasteiger partial charge is 0.334 e. The van der Waals surface area contributed by atoms with Crippen LogP contribution in [0.2, 0.25) is 5.02 Å². The Morgan fingerprint density at radius 2 is 2.12 bits per heavy atom. The topological polar surface area (TPSA) is 37.3 Å². The van der Waals surface area contributed by atoms with Crippen molar-refractivity contribution >= 4 is 46.0 Å². The molecule has 1 aromatic carbocycles. The molecule has 0 saturated heterocycles. The van der Waals surface area contributed by atoms with Crippen molar-refractivity contribution in [3.63, 3.8) is 0 Å². The van der Waals surface area contributed by atoms with Gasteiger partial charge in [0.05, 0.1) is 10.6 Å². The summed E-state index contributed by atoms with van der Waals surface area (Å²) < 4.78 is 0. The maximum Gasteiger partial charge on any atom is 0.334 e. The summed E-state index contributed by atoms with van der Waals surface area (Å²) in [7, 11) is 0. The normalized spacial score (nSPS) is 19.6. The molecule has 0 aromatic heterocycles. The van der Waals surface area contributed by atoms with Crippen molar-refractivity contribution < 1.29 is 9.90 Å². The fourth-order valence-electron chi connectivity index (χ4n) is 1.62. The number of benzene rings is 1. The van der Waals surface area contributed by atoms with Crippen LogP contribution in [0.1, 0.15) is 12.5 Å². The number of hydrogen-bond acceptors (Lipinski definition) is 2. The van der Waals surface area contributed by atoms with Gasteiger partial charge in [-0.25, -0.2) is 4.79 Å². The second-order valence-electron chi connectivity index (χ2n) is 3.43. The van der Waals surface area contributed by atoms with Gasteiger partial charge in [-0.15, -0.1) is 11.8 Å². The van der Waals surface area contributed by atoms with Gasteiger partial charge in [0.25, 0.3) is 0 Å². The Morgan fingerprint density at radius 3 is 2.75 bits per heavy atom. The monoisotopic (exact) mass is 274 g/mol. The van der Waals surface area contributed by atoms with Gasteiger partial charge in [0, 0.05) is 20.7 Å². The third-order valence-corrected chi connectivity index (χ3v) is 4.20. The quantitative estimate of drug-likeness (QED) is 0.845. The molecule has 1 aliphatic rings. The lowest BCUT2D eigenvalue weighted by molar-refractivity contribution is -0.132. The summed E-state index contributed by atoms with van der Waals surface area (Å²) in [5.74, 6) is -0.976. The average molecular weight is 275 g/mol. The number of hydrogen-bond donors (Lipinski definition) is 1. The lowest BCUT2D eigenvalue weighted by Gasteiger charge is -2.22. The van der Waals surface area contributed by atoms with E-state index >= 15 is 0 Å². The molecule has 1 N–H and O–H groups in total. The summed E-state index contributed by atoms with van der Waals surface area (Å²) >= 11 is 13.4. The zero-order valence-electron chi connectivity index (χ0n) is 8.33. The predicted molar refractivity (Wildman–Crippen MR) is 67.2 cm³/mol. The molecule has 1 aliphatic heterocycles. The number of thioether (sulfide) groups is 1.